The molecule has 0 unspecified atom stereocenters. The van der Waals surface area contributed by atoms with Crippen molar-refractivity contribution in [1.29, 1.82) is 0 Å². The first-order chi connectivity index (χ1) is 8.06. The van der Waals surface area contributed by atoms with Crippen molar-refractivity contribution >= 4 is 17.7 Å². The minimum atomic E-state index is -1.04. The summed E-state index contributed by atoms with van der Waals surface area (Å²) in [5, 5.41) is 17.8. The smallest absolute Gasteiger partial charge is 0.355 e. The van der Waals surface area contributed by atoms with Gasteiger partial charge < -0.3 is 10.2 Å². The fourth-order valence-corrected chi connectivity index (χ4v) is 2.06. The molecule has 1 rings (SSSR count). The number of aromatic nitrogens is 2. The maximum atomic E-state index is 11.1. The number of aliphatic hydroxyl groups excluding tert-OH is 1. The Morgan fingerprint density at radius 2 is 2.24 bits per heavy atom. The number of carboxylic acid groups (broad SMARTS) is 1. The number of carbonyl (C=O) groups is 1. The summed E-state index contributed by atoms with van der Waals surface area (Å²) >= 11 is 1.35. The van der Waals surface area contributed by atoms with Gasteiger partial charge in [0.2, 0.25) is 0 Å². The van der Waals surface area contributed by atoms with Gasteiger partial charge >= 0.3 is 5.97 Å². The summed E-state index contributed by atoms with van der Waals surface area (Å²) in [5.74, 6) is 0.251. The number of carboxylic acids is 1. The molecule has 0 aromatic carbocycles. The minimum absolute atomic E-state index is 0.0478. The van der Waals surface area contributed by atoms with Crippen LogP contribution in [0.4, 0.5) is 0 Å². The molecule has 5 nitrogen and oxygen atoms in total. The monoisotopic (exact) mass is 256 g/mol. The third-order valence-electron chi connectivity index (χ3n) is 2.05. The SMILES string of the molecule is CC(C)c1ncc(SCCCO)c(C(=O)O)n1. The summed E-state index contributed by atoms with van der Waals surface area (Å²) < 4.78 is 0. The molecule has 0 aliphatic carbocycles. The van der Waals surface area contributed by atoms with E-state index in [9.17, 15) is 4.79 Å². The van der Waals surface area contributed by atoms with Gasteiger partial charge in [0.05, 0.1) is 4.90 Å². The molecule has 17 heavy (non-hydrogen) atoms. The molecule has 1 aromatic heterocycles. The van der Waals surface area contributed by atoms with Crippen molar-refractivity contribution < 1.29 is 15.0 Å². The van der Waals surface area contributed by atoms with Crippen LogP contribution in [0.2, 0.25) is 0 Å². The standard InChI is InChI=1S/C11H16N2O3S/c1-7(2)10-12-6-8(17-5-3-4-14)9(13-10)11(15)16/h6-7,14H,3-5H2,1-2H3,(H,15,16). The third kappa shape index (κ3) is 3.98. The minimum Gasteiger partial charge on any atom is -0.476 e. The topological polar surface area (TPSA) is 83.3 Å². The van der Waals surface area contributed by atoms with E-state index in [1.807, 2.05) is 13.8 Å². The number of aliphatic hydroxyl groups is 1. The highest BCUT2D eigenvalue weighted by atomic mass is 32.2. The van der Waals surface area contributed by atoms with E-state index in [4.69, 9.17) is 10.2 Å². The Kier molecular flexibility index (Phi) is 5.37. The summed E-state index contributed by atoms with van der Waals surface area (Å²) in [6.07, 6.45) is 2.17. The molecule has 2 N–H and O–H groups in total. The van der Waals surface area contributed by atoms with Crippen LogP contribution in [0.1, 0.15) is 42.5 Å². The molecular formula is C11H16N2O3S. The Hall–Kier alpha value is -1.14. The Morgan fingerprint density at radius 3 is 2.76 bits per heavy atom. The number of nitrogens with zero attached hydrogens (tertiary/aromatic N) is 2. The average molecular weight is 256 g/mol. The molecule has 0 saturated heterocycles. The van der Waals surface area contributed by atoms with Crippen LogP contribution in [0.3, 0.4) is 0 Å². The first-order valence-corrected chi connectivity index (χ1v) is 6.38. The van der Waals surface area contributed by atoms with Crippen molar-refractivity contribution in [3.8, 4) is 0 Å². The Labute approximate surface area is 104 Å². The highest BCUT2D eigenvalue weighted by Crippen LogP contribution is 2.23. The van der Waals surface area contributed by atoms with Gasteiger partial charge in [0.25, 0.3) is 0 Å². The van der Waals surface area contributed by atoms with Crippen LogP contribution in [0.25, 0.3) is 0 Å². The maximum absolute atomic E-state index is 11.1. The van der Waals surface area contributed by atoms with E-state index in [0.29, 0.717) is 22.9 Å². The van der Waals surface area contributed by atoms with Crippen molar-refractivity contribution in [2.75, 3.05) is 12.4 Å². The Balaban J connectivity index is 2.92. The van der Waals surface area contributed by atoms with E-state index in [2.05, 4.69) is 9.97 Å². The lowest BCUT2D eigenvalue weighted by Crippen LogP contribution is -2.08. The number of rotatable bonds is 6. The largest absolute Gasteiger partial charge is 0.476 e. The molecule has 1 aromatic rings. The predicted octanol–water partition coefficient (Wildman–Crippen LogP) is 1.77. The number of hydrogen-bond acceptors (Lipinski definition) is 5. The first-order valence-electron chi connectivity index (χ1n) is 5.40. The molecule has 0 atom stereocenters. The zero-order valence-electron chi connectivity index (χ0n) is 9.88. The number of thioether (sulfide) groups is 1. The average Bonchev–Trinajstić information content (AvgIpc) is 2.29. The van der Waals surface area contributed by atoms with Crippen molar-refractivity contribution in [3.63, 3.8) is 0 Å². The lowest BCUT2D eigenvalue weighted by atomic mass is 10.2. The highest BCUT2D eigenvalue weighted by Gasteiger charge is 2.15. The van der Waals surface area contributed by atoms with E-state index in [0.717, 1.165) is 0 Å². The highest BCUT2D eigenvalue weighted by molar-refractivity contribution is 7.99. The predicted molar refractivity (Wildman–Crippen MR) is 65.5 cm³/mol. The van der Waals surface area contributed by atoms with Gasteiger partial charge in [0.15, 0.2) is 5.69 Å². The van der Waals surface area contributed by atoms with Gasteiger partial charge in [-0.3, -0.25) is 0 Å². The maximum Gasteiger partial charge on any atom is 0.355 e. The van der Waals surface area contributed by atoms with Gasteiger partial charge in [0, 0.05) is 24.5 Å². The second-order valence-electron chi connectivity index (χ2n) is 3.83. The molecular weight excluding hydrogens is 240 g/mol. The second-order valence-corrected chi connectivity index (χ2v) is 4.96. The van der Waals surface area contributed by atoms with Gasteiger partial charge in [-0.25, -0.2) is 14.8 Å². The molecule has 0 radical (unpaired) electrons. The van der Waals surface area contributed by atoms with Crippen LogP contribution in [-0.2, 0) is 0 Å². The van der Waals surface area contributed by atoms with Crippen LogP contribution in [-0.4, -0.2) is 38.5 Å². The van der Waals surface area contributed by atoms with Crippen molar-refractivity contribution in [2.45, 2.75) is 31.1 Å². The number of hydrogen-bond donors (Lipinski definition) is 2. The van der Waals surface area contributed by atoms with E-state index in [1.165, 1.54) is 11.8 Å². The Morgan fingerprint density at radius 1 is 1.53 bits per heavy atom. The van der Waals surface area contributed by atoms with Gasteiger partial charge in [-0.2, -0.15) is 0 Å². The summed E-state index contributed by atoms with van der Waals surface area (Å²) in [4.78, 5) is 19.8. The molecule has 6 heteroatoms. The lowest BCUT2D eigenvalue weighted by molar-refractivity contribution is 0.0685. The second kappa shape index (κ2) is 6.56. The molecule has 94 valence electrons. The fraction of sp³-hybridized carbons (Fsp3) is 0.545. The zero-order valence-corrected chi connectivity index (χ0v) is 10.7. The number of aromatic carboxylic acids is 1. The molecule has 0 saturated carbocycles. The molecule has 0 aliphatic rings. The summed E-state index contributed by atoms with van der Waals surface area (Å²) in [7, 11) is 0. The van der Waals surface area contributed by atoms with E-state index < -0.39 is 5.97 Å². The summed E-state index contributed by atoms with van der Waals surface area (Å²) in [6, 6.07) is 0. The van der Waals surface area contributed by atoms with E-state index >= 15 is 0 Å². The molecule has 0 amide bonds. The van der Waals surface area contributed by atoms with E-state index in [-0.39, 0.29) is 18.2 Å². The molecule has 0 spiro atoms. The Bertz CT molecular complexity index is 396. The van der Waals surface area contributed by atoms with Crippen LogP contribution in [0.5, 0.6) is 0 Å². The van der Waals surface area contributed by atoms with Crippen LogP contribution in [0.15, 0.2) is 11.1 Å². The lowest BCUT2D eigenvalue weighted by Gasteiger charge is -2.08. The summed E-state index contributed by atoms with van der Waals surface area (Å²) in [5.41, 5.74) is 0.0478. The van der Waals surface area contributed by atoms with Crippen molar-refractivity contribution in [1.82, 2.24) is 9.97 Å². The van der Waals surface area contributed by atoms with Crippen molar-refractivity contribution in [3.05, 3.63) is 17.7 Å². The normalized spacial score (nSPS) is 10.8. The van der Waals surface area contributed by atoms with Crippen LogP contribution >= 0.6 is 11.8 Å². The first kappa shape index (κ1) is 13.9. The molecule has 0 aliphatic heterocycles. The zero-order chi connectivity index (χ0) is 12.8. The van der Waals surface area contributed by atoms with Gasteiger partial charge in [-0.15, -0.1) is 11.8 Å². The third-order valence-corrected chi connectivity index (χ3v) is 3.16. The fourth-order valence-electron chi connectivity index (χ4n) is 1.17. The van der Waals surface area contributed by atoms with E-state index in [1.54, 1.807) is 6.20 Å². The quantitative estimate of drug-likeness (QED) is 0.596. The molecule has 0 bridgehead atoms. The molecule has 1 heterocycles. The van der Waals surface area contributed by atoms with Gasteiger partial charge in [-0.1, -0.05) is 13.8 Å². The van der Waals surface area contributed by atoms with Gasteiger partial charge in [0.1, 0.15) is 5.82 Å². The van der Waals surface area contributed by atoms with Crippen molar-refractivity contribution in [2.24, 2.45) is 0 Å². The molecule has 0 fully saturated rings. The summed E-state index contributed by atoms with van der Waals surface area (Å²) in [6.45, 7) is 3.93. The van der Waals surface area contributed by atoms with Crippen LogP contribution in [0, 0.1) is 0 Å². The van der Waals surface area contributed by atoms with Crippen LogP contribution < -0.4 is 0 Å². The van der Waals surface area contributed by atoms with Gasteiger partial charge in [-0.05, 0) is 6.42 Å².